The predicted molar refractivity (Wildman–Crippen MR) is 101 cm³/mol. The molecule has 0 aliphatic rings. The van der Waals surface area contributed by atoms with Gasteiger partial charge in [-0.15, -0.1) is 11.3 Å². The second-order valence-corrected chi connectivity index (χ2v) is 6.51. The van der Waals surface area contributed by atoms with Gasteiger partial charge in [0.05, 0.1) is 0 Å². The Kier molecular flexibility index (Phi) is 7.40. The summed E-state index contributed by atoms with van der Waals surface area (Å²) in [7, 11) is 1.70. The van der Waals surface area contributed by atoms with Crippen LogP contribution < -0.4 is 16.0 Å². The molecule has 25 heavy (non-hydrogen) atoms. The summed E-state index contributed by atoms with van der Waals surface area (Å²) in [5, 5.41) is 11.2. The number of rotatable bonds is 7. The molecule has 0 bridgehead atoms. The van der Waals surface area contributed by atoms with Gasteiger partial charge < -0.3 is 16.0 Å². The van der Waals surface area contributed by atoms with Crippen LogP contribution in [0.2, 0.25) is 0 Å². The highest BCUT2D eigenvalue weighted by molar-refractivity contribution is 7.09. The number of benzene rings is 1. The van der Waals surface area contributed by atoms with Crippen LogP contribution in [0.3, 0.4) is 0 Å². The molecule has 3 N–H and O–H groups in total. The van der Waals surface area contributed by atoms with E-state index in [2.05, 4.69) is 32.4 Å². The van der Waals surface area contributed by atoms with E-state index < -0.39 is 0 Å². The lowest BCUT2D eigenvalue weighted by Crippen LogP contribution is -2.42. The number of guanidine groups is 1. The lowest BCUT2D eigenvalue weighted by atomic mass is 10.1. The van der Waals surface area contributed by atoms with Crippen LogP contribution in [-0.4, -0.2) is 38.5 Å². The Morgan fingerprint density at radius 3 is 2.60 bits per heavy atom. The summed E-state index contributed by atoms with van der Waals surface area (Å²) in [6.07, 6.45) is 0.939. The van der Waals surface area contributed by atoms with Crippen LogP contribution in [0.1, 0.15) is 20.8 Å². The fourth-order valence-electron chi connectivity index (χ4n) is 2.17. The third kappa shape index (κ3) is 6.19. The molecule has 2 rings (SSSR count). The number of nitrogens with one attached hydrogen (secondary N) is 3. The Morgan fingerprint density at radius 1 is 1.16 bits per heavy atom. The molecule has 1 aromatic carbocycles. The Hall–Kier alpha value is -2.41. The van der Waals surface area contributed by atoms with E-state index in [1.807, 2.05) is 6.07 Å². The molecule has 0 unspecified atom stereocenters. The molecule has 134 valence electrons. The summed E-state index contributed by atoms with van der Waals surface area (Å²) in [6.45, 7) is 3.39. The van der Waals surface area contributed by atoms with Gasteiger partial charge in [-0.1, -0.05) is 12.1 Å². The Bertz CT molecular complexity index is 716. The molecule has 5 nitrogen and oxygen atoms in total. The zero-order valence-corrected chi connectivity index (χ0v) is 15.3. The molecule has 7 heteroatoms. The van der Waals surface area contributed by atoms with E-state index in [1.54, 1.807) is 37.4 Å². The van der Waals surface area contributed by atoms with Crippen LogP contribution in [0.5, 0.6) is 0 Å². The maximum atomic E-state index is 13.5. The van der Waals surface area contributed by atoms with Crippen molar-refractivity contribution in [2.45, 2.75) is 13.3 Å². The third-order valence-corrected chi connectivity index (χ3v) is 4.54. The lowest BCUT2D eigenvalue weighted by Gasteiger charge is -2.12. The highest BCUT2D eigenvalue weighted by Gasteiger charge is 2.07. The number of carbonyl (C=O) groups is 1. The largest absolute Gasteiger partial charge is 0.356 e. The summed E-state index contributed by atoms with van der Waals surface area (Å²) in [4.78, 5) is 17.4. The highest BCUT2D eigenvalue weighted by atomic mass is 32.1. The van der Waals surface area contributed by atoms with Crippen LogP contribution in [0.25, 0.3) is 0 Å². The number of halogens is 1. The third-order valence-electron chi connectivity index (χ3n) is 3.60. The van der Waals surface area contributed by atoms with Crippen LogP contribution >= 0.6 is 11.3 Å². The van der Waals surface area contributed by atoms with Crippen molar-refractivity contribution in [2.24, 2.45) is 4.99 Å². The van der Waals surface area contributed by atoms with Crippen molar-refractivity contribution in [3.63, 3.8) is 0 Å². The van der Waals surface area contributed by atoms with Gasteiger partial charge in [0.1, 0.15) is 5.82 Å². The Morgan fingerprint density at radius 2 is 1.92 bits per heavy atom. The number of hydrogen-bond donors (Lipinski definition) is 3. The average molecular weight is 362 g/mol. The van der Waals surface area contributed by atoms with E-state index in [4.69, 9.17) is 0 Å². The lowest BCUT2D eigenvalue weighted by molar-refractivity contribution is 0.0954. The molecule has 0 aliphatic heterocycles. The van der Waals surface area contributed by atoms with Crippen molar-refractivity contribution in [2.75, 3.05) is 26.7 Å². The fraction of sp³-hybridized carbons (Fsp3) is 0.333. The van der Waals surface area contributed by atoms with E-state index in [1.165, 1.54) is 10.9 Å². The summed E-state index contributed by atoms with van der Waals surface area (Å²) in [5.74, 6) is 0.0228. The minimum atomic E-state index is -0.374. The molecule has 0 saturated heterocycles. The SMILES string of the molecule is CN=C(NCCNC(=O)c1ccc(C)c(F)c1)NCCc1cccs1. The molecule has 1 aromatic heterocycles. The van der Waals surface area contributed by atoms with Gasteiger partial charge in [-0.25, -0.2) is 4.39 Å². The zero-order valence-electron chi connectivity index (χ0n) is 14.4. The first-order chi connectivity index (χ1) is 12.1. The maximum Gasteiger partial charge on any atom is 0.251 e. The number of aliphatic imine (C=N–C) groups is 1. The number of carbonyl (C=O) groups excluding carboxylic acids is 1. The minimum absolute atomic E-state index is 0.290. The quantitative estimate of drug-likeness (QED) is 0.402. The van der Waals surface area contributed by atoms with Crippen LogP contribution in [0.4, 0.5) is 4.39 Å². The molecule has 1 amide bonds. The number of amides is 1. The normalized spacial score (nSPS) is 11.2. The number of nitrogens with zero attached hydrogens (tertiary/aromatic N) is 1. The van der Waals surface area contributed by atoms with Crippen LogP contribution in [-0.2, 0) is 6.42 Å². The van der Waals surface area contributed by atoms with Crippen molar-refractivity contribution in [3.05, 3.63) is 57.5 Å². The van der Waals surface area contributed by atoms with Crippen molar-refractivity contribution in [1.29, 1.82) is 0 Å². The number of aryl methyl sites for hydroxylation is 1. The molecule has 2 aromatic rings. The standard InChI is InChI=1S/C18H23FN4OS/c1-13-5-6-14(12-16(13)19)17(24)21-9-10-23-18(20-2)22-8-7-15-4-3-11-25-15/h3-6,11-12H,7-10H2,1-2H3,(H,21,24)(H2,20,22,23). The van der Waals surface area contributed by atoms with Crippen LogP contribution in [0, 0.1) is 12.7 Å². The minimum Gasteiger partial charge on any atom is -0.356 e. The maximum absolute atomic E-state index is 13.5. The first-order valence-electron chi connectivity index (χ1n) is 8.11. The monoisotopic (exact) mass is 362 g/mol. The van der Waals surface area contributed by atoms with Crippen molar-refractivity contribution >= 4 is 23.2 Å². The van der Waals surface area contributed by atoms with E-state index in [9.17, 15) is 9.18 Å². The summed E-state index contributed by atoms with van der Waals surface area (Å²) < 4.78 is 13.5. The van der Waals surface area contributed by atoms with Crippen LogP contribution in [0.15, 0.2) is 40.7 Å². The van der Waals surface area contributed by atoms with E-state index in [0.717, 1.165) is 13.0 Å². The van der Waals surface area contributed by atoms with Gasteiger partial charge in [-0.05, 0) is 42.5 Å². The zero-order chi connectivity index (χ0) is 18.1. The van der Waals surface area contributed by atoms with E-state index in [0.29, 0.717) is 30.2 Å². The Labute approximate surface area is 151 Å². The fourth-order valence-corrected chi connectivity index (χ4v) is 2.88. The second kappa shape index (κ2) is 9.78. The molecule has 0 radical (unpaired) electrons. The summed E-state index contributed by atoms with van der Waals surface area (Å²) in [6, 6.07) is 8.61. The summed E-state index contributed by atoms with van der Waals surface area (Å²) >= 11 is 1.73. The van der Waals surface area contributed by atoms with Gasteiger partial charge >= 0.3 is 0 Å². The smallest absolute Gasteiger partial charge is 0.251 e. The molecular weight excluding hydrogens is 339 g/mol. The van der Waals surface area contributed by atoms with E-state index >= 15 is 0 Å². The molecule has 0 aliphatic carbocycles. The topological polar surface area (TPSA) is 65.5 Å². The predicted octanol–water partition coefficient (Wildman–Crippen LogP) is 2.33. The molecular formula is C18H23FN4OS. The second-order valence-electron chi connectivity index (χ2n) is 5.47. The average Bonchev–Trinajstić information content (AvgIpc) is 3.12. The molecule has 0 fully saturated rings. The summed E-state index contributed by atoms with van der Waals surface area (Å²) in [5.41, 5.74) is 0.845. The van der Waals surface area contributed by atoms with Gasteiger partial charge in [0.25, 0.3) is 5.91 Å². The number of thiophene rings is 1. The Balaban J connectivity index is 1.66. The van der Waals surface area contributed by atoms with Gasteiger partial charge in [0.15, 0.2) is 5.96 Å². The van der Waals surface area contributed by atoms with Crippen molar-refractivity contribution in [3.8, 4) is 0 Å². The first kappa shape index (κ1) is 18.9. The van der Waals surface area contributed by atoms with Gasteiger partial charge in [-0.2, -0.15) is 0 Å². The van der Waals surface area contributed by atoms with Gasteiger partial charge in [0, 0.05) is 37.1 Å². The molecule has 0 spiro atoms. The van der Waals surface area contributed by atoms with Crippen molar-refractivity contribution in [1.82, 2.24) is 16.0 Å². The number of hydrogen-bond acceptors (Lipinski definition) is 3. The highest BCUT2D eigenvalue weighted by Crippen LogP contribution is 2.09. The first-order valence-corrected chi connectivity index (χ1v) is 8.99. The van der Waals surface area contributed by atoms with E-state index in [-0.39, 0.29) is 11.7 Å². The van der Waals surface area contributed by atoms with Gasteiger partial charge in [-0.3, -0.25) is 9.79 Å². The molecule has 1 heterocycles. The molecule has 0 saturated carbocycles. The van der Waals surface area contributed by atoms with Crippen molar-refractivity contribution < 1.29 is 9.18 Å². The van der Waals surface area contributed by atoms with Gasteiger partial charge in [0.2, 0.25) is 0 Å². The molecule has 0 atom stereocenters.